The third-order valence-electron chi connectivity index (χ3n) is 2.66. The molecule has 1 unspecified atom stereocenters. The van der Waals surface area contributed by atoms with Crippen molar-refractivity contribution in [2.24, 2.45) is 5.84 Å². The highest BCUT2D eigenvalue weighted by molar-refractivity contribution is 14.1. The van der Waals surface area contributed by atoms with Gasteiger partial charge in [-0.15, -0.1) is 0 Å². The lowest BCUT2D eigenvalue weighted by atomic mass is 9.99. The monoisotopic (exact) mass is 376 g/mol. The van der Waals surface area contributed by atoms with E-state index in [1.807, 2.05) is 24.3 Å². The van der Waals surface area contributed by atoms with Gasteiger partial charge in [0.2, 0.25) is 0 Å². The van der Waals surface area contributed by atoms with Gasteiger partial charge in [0.05, 0.1) is 6.04 Å². The number of hydrazine groups is 1. The van der Waals surface area contributed by atoms with Gasteiger partial charge in [0.1, 0.15) is 5.82 Å². The molecule has 0 aromatic heterocycles. The normalized spacial score (nSPS) is 12.4. The van der Waals surface area contributed by atoms with Crippen LogP contribution in [-0.2, 0) is 0 Å². The van der Waals surface area contributed by atoms with Gasteiger partial charge in [0.15, 0.2) is 0 Å². The molecule has 0 aliphatic rings. The second-order valence-corrected chi connectivity index (χ2v) is 5.39. The minimum Gasteiger partial charge on any atom is -0.271 e. The number of halogens is 3. The van der Waals surface area contributed by atoms with E-state index in [4.69, 9.17) is 17.4 Å². The van der Waals surface area contributed by atoms with Crippen molar-refractivity contribution >= 4 is 34.2 Å². The zero-order valence-electron chi connectivity index (χ0n) is 9.33. The molecule has 1 atom stereocenters. The van der Waals surface area contributed by atoms with Crippen LogP contribution in [0.2, 0.25) is 5.02 Å². The van der Waals surface area contributed by atoms with Gasteiger partial charge in [-0.1, -0.05) is 35.9 Å². The largest absolute Gasteiger partial charge is 0.271 e. The molecule has 0 fully saturated rings. The van der Waals surface area contributed by atoms with Gasteiger partial charge < -0.3 is 0 Å². The fourth-order valence-corrected chi connectivity index (χ4v) is 2.65. The third kappa shape index (κ3) is 2.83. The molecular formula is C13H11ClFIN2. The van der Waals surface area contributed by atoms with Crippen LogP contribution in [-0.4, -0.2) is 0 Å². The third-order valence-corrected chi connectivity index (χ3v) is 3.87. The smallest absolute Gasteiger partial charge is 0.129 e. The number of nitrogens with two attached hydrogens (primary N) is 1. The van der Waals surface area contributed by atoms with Crippen molar-refractivity contribution in [3.8, 4) is 0 Å². The molecule has 0 aliphatic heterocycles. The Bertz CT molecular complexity index is 562. The molecule has 0 aliphatic carbocycles. The van der Waals surface area contributed by atoms with Crippen LogP contribution in [0.1, 0.15) is 17.2 Å². The first-order chi connectivity index (χ1) is 8.63. The molecule has 0 amide bonds. The summed E-state index contributed by atoms with van der Waals surface area (Å²) in [7, 11) is 0. The van der Waals surface area contributed by atoms with Crippen LogP contribution in [0.15, 0.2) is 42.5 Å². The van der Waals surface area contributed by atoms with Crippen molar-refractivity contribution in [3.05, 3.63) is 68.0 Å². The minimum absolute atomic E-state index is 0.370. The Labute approximate surface area is 123 Å². The number of hydrogen-bond donors (Lipinski definition) is 2. The van der Waals surface area contributed by atoms with E-state index in [0.717, 1.165) is 9.13 Å². The van der Waals surface area contributed by atoms with E-state index in [1.165, 1.54) is 6.07 Å². The van der Waals surface area contributed by atoms with E-state index in [-0.39, 0.29) is 5.82 Å². The van der Waals surface area contributed by atoms with Crippen LogP contribution in [0.4, 0.5) is 4.39 Å². The summed E-state index contributed by atoms with van der Waals surface area (Å²) in [4.78, 5) is 0. The van der Waals surface area contributed by atoms with Crippen LogP contribution in [0, 0.1) is 9.39 Å². The molecule has 3 N–H and O–H groups in total. The number of benzene rings is 2. The van der Waals surface area contributed by atoms with E-state index in [2.05, 4.69) is 28.0 Å². The molecule has 0 saturated heterocycles. The predicted molar refractivity (Wildman–Crippen MR) is 79.7 cm³/mol. The second kappa shape index (κ2) is 5.97. The molecule has 2 aromatic rings. The average molecular weight is 377 g/mol. The summed E-state index contributed by atoms with van der Waals surface area (Å²) < 4.78 is 14.9. The van der Waals surface area contributed by atoms with Crippen molar-refractivity contribution in [2.75, 3.05) is 0 Å². The zero-order valence-corrected chi connectivity index (χ0v) is 12.2. The van der Waals surface area contributed by atoms with Gasteiger partial charge >= 0.3 is 0 Å². The maximum absolute atomic E-state index is 13.9. The maximum atomic E-state index is 13.9. The van der Waals surface area contributed by atoms with Gasteiger partial charge in [0, 0.05) is 14.2 Å². The van der Waals surface area contributed by atoms with Crippen molar-refractivity contribution in [3.63, 3.8) is 0 Å². The fourth-order valence-electron chi connectivity index (χ4n) is 1.79. The van der Waals surface area contributed by atoms with Gasteiger partial charge in [0.25, 0.3) is 0 Å². The van der Waals surface area contributed by atoms with Gasteiger partial charge in [-0.05, 0) is 46.4 Å². The molecule has 5 heteroatoms. The first-order valence-electron chi connectivity index (χ1n) is 5.29. The Morgan fingerprint density at radius 1 is 1.17 bits per heavy atom. The van der Waals surface area contributed by atoms with Crippen LogP contribution < -0.4 is 11.3 Å². The molecule has 2 nitrogen and oxygen atoms in total. The Morgan fingerprint density at radius 3 is 2.50 bits per heavy atom. The molecule has 2 aromatic carbocycles. The lowest BCUT2D eigenvalue weighted by Crippen LogP contribution is -2.30. The topological polar surface area (TPSA) is 38.0 Å². The Hall–Kier alpha value is -0.690. The van der Waals surface area contributed by atoms with Crippen molar-refractivity contribution in [2.45, 2.75) is 6.04 Å². The van der Waals surface area contributed by atoms with Crippen molar-refractivity contribution in [1.29, 1.82) is 0 Å². The molecule has 0 heterocycles. The van der Waals surface area contributed by atoms with E-state index in [9.17, 15) is 4.39 Å². The van der Waals surface area contributed by atoms with Gasteiger partial charge in [-0.2, -0.15) is 0 Å². The second-order valence-electron chi connectivity index (χ2n) is 3.79. The summed E-state index contributed by atoms with van der Waals surface area (Å²) in [6.07, 6.45) is 0. The van der Waals surface area contributed by atoms with E-state index in [1.54, 1.807) is 12.1 Å². The highest BCUT2D eigenvalue weighted by Crippen LogP contribution is 2.28. The number of nitrogens with one attached hydrogen (secondary N) is 1. The summed E-state index contributed by atoms with van der Waals surface area (Å²) >= 11 is 7.95. The standard InChI is InChI=1S/C13H11ClFIN2/c14-8-5-6-9(11(15)7-8)13(18-17)10-3-1-2-4-12(10)16/h1-7,13,18H,17H2. The fraction of sp³-hybridized carbons (Fsp3) is 0.0769. The van der Waals surface area contributed by atoms with E-state index in [0.29, 0.717) is 10.6 Å². The molecular weight excluding hydrogens is 366 g/mol. The quantitative estimate of drug-likeness (QED) is 0.488. The van der Waals surface area contributed by atoms with Crippen LogP contribution in [0.5, 0.6) is 0 Å². The summed E-state index contributed by atoms with van der Waals surface area (Å²) in [6.45, 7) is 0. The molecule has 94 valence electrons. The van der Waals surface area contributed by atoms with E-state index >= 15 is 0 Å². The SMILES string of the molecule is NNC(c1ccc(Cl)cc1F)c1ccccc1I. The molecule has 0 saturated carbocycles. The molecule has 0 radical (unpaired) electrons. The van der Waals surface area contributed by atoms with E-state index < -0.39 is 6.04 Å². The van der Waals surface area contributed by atoms with Crippen LogP contribution in [0.25, 0.3) is 0 Å². The summed E-state index contributed by atoms with van der Waals surface area (Å²) in [6, 6.07) is 11.9. The van der Waals surface area contributed by atoms with Gasteiger partial charge in [-0.25, -0.2) is 9.82 Å². The highest BCUT2D eigenvalue weighted by Gasteiger charge is 2.18. The van der Waals surface area contributed by atoms with Crippen LogP contribution >= 0.6 is 34.2 Å². The first kappa shape index (κ1) is 13.7. The average Bonchev–Trinajstić information content (AvgIpc) is 2.34. The van der Waals surface area contributed by atoms with Crippen LogP contribution in [0.3, 0.4) is 0 Å². The van der Waals surface area contributed by atoms with Gasteiger partial charge in [-0.3, -0.25) is 5.84 Å². The lowest BCUT2D eigenvalue weighted by Gasteiger charge is -2.19. The van der Waals surface area contributed by atoms with Crippen molar-refractivity contribution < 1.29 is 4.39 Å². The number of hydrogen-bond acceptors (Lipinski definition) is 2. The molecule has 18 heavy (non-hydrogen) atoms. The zero-order chi connectivity index (χ0) is 13.1. The Balaban J connectivity index is 2.49. The lowest BCUT2D eigenvalue weighted by molar-refractivity contribution is 0.559. The summed E-state index contributed by atoms with van der Waals surface area (Å²) in [5.41, 5.74) is 4.06. The van der Waals surface area contributed by atoms with Crippen molar-refractivity contribution in [1.82, 2.24) is 5.43 Å². The minimum atomic E-state index is -0.393. The Kier molecular flexibility index (Phi) is 4.55. The molecule has 0 spiro atoms. The molecule has 0 bridgehead atoms. The summed E-state index contributed by atoms with van der Waals surface area (Å²) in [5, 5.41) is 0.370. The summed E-state index contributed by atoms with van der Waals surface area (Å²) in [5.74, 6) is 5.19. The Morgan fingerprint density at radius 2 is 1.89 bits per heavy atom. The highest BCUT2D eigenvalue weighted by atomic mass is 127. The maximum Gasteiger partial charge on any atom is 0.129 e. The molecule has 2 rings (SSSR count). The number of rotatable bonds is 3. The first-order valence-corrected chi connectivity index (χ1v) is 6.74. The predicted octanol–water partition coefficient (Wildman–Crippen LogP) is 3.64.